The fraction of sp³-hybridized carbons (Fsp3) is 0.308. The minimum Gasteiger partial charge on any atom is -0.370 e. The predicted molar refractivity (Wildman–Crippen MR) is 77.9 cm³/mol. The number of nitrogens with zero attached hydrogens (tertiary/aromatic N) is 1. The molecule has 1 rings (SSSR count). The molecule has 1 aromatic rings. The monoisotopic (exact) mass is 281 g/mol. The van der Waals surface area contributed by atoms with E-state index in [1.54, 1.807) is 30.3 Å². The summed E-state index contributed by atoms with van der Waals surface area (Å²) in [6, 6.07) is 6.79. The van der Waals surface area contributed by atoms with Crippen molar-refractivity contribution in [2.45, 2.75) is 11.3 Å². The van der Waals surface area contributed by atoms with E-state index in [4.69, 9.17) is 5.73 Å². The molecule has 0 heterocycles. The van der Waals surface area contributed by atoms with Gasteiger partial charge >= 0.3 is 0 Å². The molecule has 0 aromatic heterocycles. The van der Waals surface area contributed by atoms with Gasteiger partial charge < -0.3 is 11.1 Å². The highest BCUT2D eigenvalue weighted by molar-refractivity contribution is 7.90. The van der Waals surface area contributed by atoms with Crippen molar-refractivity contribution < 1.29 is 8.42 Å². The average Bonchev–Trinajstić information content (AvgIpc) is 2.36. The van der Waals surface area contributed by atoms with Gasteiger partial charge in [-0.3, -0.25) is 4.99 Å². The third kappa shape index (κ3) is 5.56. The van der Waals surface area contributed by atoms with Gasteiger partial charge in [0.1, 0.15) is 0 Å². The number of hydrogen-bond donors (Lipinski definition) is 2. The number of guanidine groups is 1. The molecule has 0 aliphatic carbocycles. The Morgan fingerprint density at radius 1 is 1.42 bits per heavy atom. The largest absolute Gasteiger partial charge is 0.370 e. The lowest BCUT2D eigenvalue weighted by molar-refractivity contribution is 0.602. The molecular weight excluding hydrogens is 262 g/mol. The highest BCUT2D eigenvalue weighted by Crippen LogP contribution is 2.10. The van der Waals surface area contributed by atoms with Crippen molar-refractivity contribution >= 4 is 15.8 Å². The molecule has 0 amide bonds. The van der Waals surface area contributed by atoms with Crippen LogP contribution < -0.4 is 11.1 Å². The molecule has 0 fully saturated rings. The summed E-state index contributed by atoms with van der Waals surface area (Å²) in [6.07, 6.45) is 3.60. The van der Waals surface area contributed by atoms with E-state index in [0.717, 1.165) is 5.56 Å². The van der Waals surface area contributed by atoms with Crippen LogP contribution in [0.15, 0.2) is 46.8 Å². The Bertz CT molecular complexity index is 548. The lowest BCUT2D eigenvalue weighted by atomic mass is 10.1. The van der Waals surface area contributed by atoms with Gasteiger partial charge in [0.2, 0.25) is 0 Å². The summed E-state index contributed by atoms with van der Waals surface area (Å²) in [7, 11) is -3.13. The van der Waals surface area contributed by atoms with Crippen LogP contribution in [0, 0.1) is 0 Å². The van der Waals surface area contributed by atoms with Gasteiger partial charge in [-0.1, -0.05) is 18.2 Å². The molecule has 19 heavy (non-hydrogen) atoms. The van der Waals surface area contributed by atoms with E-state index in [9.17, 15) is 8.42 Å². The van der Waals surface area contributed by atoms with E-state index in [-0.39, 0.29) is 0 Å². The Morgan fingerprint density at radius 3 is 2.58 bits per heavy atom. The zero-order valence-electron chi connectivity index (χ0n) is 11.0. The van der Waals surface area contributed by atoms with Crippen molar-refractivity contribution in [3.05, 3.63) is 42.5 Å². The molecule has 0 saturated heterocycles. The average molecular weight is 281 g/mol. The van der Waals surface area contributed by atoms with Gasteiger partial charge in [-0.05, 0) is 24.1 Å². The quantitative estimate of drug-likeness (QED) is 0.457. The van der Waals surface area contributed by atoms with Gasteiger partial charge in [0, 0.05) is 19.3 Å². The van der Waals surface area contributed by atoms with Crippen molar-refractivity contribution in [1.29, 1.82) is 0 Å². The first-order valence-corrected chi connectivity index (χ1v) is 7.76. The number of nitrogens with one attached hydrogen (secondary N) is 1. The molecule has 0 aliphatic rings. The number of aliphatic imine (C=N–C) groups is 1. The van der Waals surface area contributed by atoms with Crippen LogP contribution >= 0.6 is 0 Å². The molecule has 6 heteroatoms. The van der Waals surface area contributed by atoms with Gasteiger partial charge in [0.05, 0.1) is 4.90 Å². The van der Waals surface area contributed by atoms with Crippen molar-refractivity contribution in [2.24, 2.45) is 10.7 Å². The Hall–Kier alpha value is -1.82. The summed E-state index contributed by atoms with van der Waals surface area (Å²) in [5.41, 5.74) is 6.64. The van der Waals surface area contributed by atoms with Gasteiger partial charge in [0.25, 0.3) is 0 Å². The van der Waals surface area contributed by atoms with Crippen LogP contribution in [0.1, 0.15) is 5.56 Å². The molecule has 5 nitrogen and oxygen atoms in total. The normalized spacial score (nSPS) is 12.2. The van der Waals surface area contributed by atoms with Crippen LogP contribution in [-0.4, -0.2) is 33.7 Å². The number of benzene rings is 1. The summed E-state index contributed by atoms with van der Waals surface area (Å²) in [5.74, 6) is 0.382. The number of hydrogen-bond acceptors (Lipinski definition) is 3. The van der Waals surface area contributed by atoms with Crippen molar-refractivity contribution in [1.82, 2.24) is 5.32 Å². The van der Waals surface area contributed by atoms with E-state index in [2.05, 4.69) is 16.9 Å². The highest BCUT2D eigenvalue weighted by atomic mass is 32.2. The fourth-order valence-corrected chi connectivity index (χ4v) is 2.07. The predicted octanol–water partition coefficient (Wildman–Crippen LogP) is 0.723. The topological polar surface area (TPSA) is 84.5 Å². The first kappa shape index (κ1) is 15.2. The van der Waals surface area contributed by atoms with Crippen LogP contribution in [-0.2, 0) is 16.3 Å². The smallest absolute Gasteiger partial charge is 0.188 e. The maximum atomic E-state index is 11.3. The fourth-order valence-electron chi connectivity index (χ4n) is 1.44. The minimum atomic E-state index is -3.13. The molecule has 3 N–H and O–H groups in total. The van der Waals surface area contributed by atoms with Crippen LogP contribution in [0.3, 0.4) is 0 Å². The van der Waals surface area contributed by atoms with E-state index in [1.807, 2.05) is 0 Å². The second kappa shape index (κ2) is 6.94. The van der Waals surface area contributed by atoms with Crippen molar-refractivity contribution in [3.63, 3.8) is 0 Å². The van der Waals surface area contributed by atoms with Crippen molar-refractivity contribution in [2.75, 3.05) is 19.3 Å². The Morgan fingerprint density at radius 2 is 2.05 bits per heavy atom. The Labute approximate surface area is 114 Å². The maximum absolute atomic E-state index is 11.3. The zero-order valence-corrected chi connectivity index (χ0v) is 11.8. The summed E-state index contributed by atoms with van der Waals surface area (Å²) in [5, 5.41) is 2.88. The third-order valence-corrected chi connectivity index (χ3v) is 3.59. The first-order valence-electron chi connectivity index (χ1n) is 5.87. The molecule has 0 aliphatic heterocycles. The molecule has 104 valence electrons. The summed E-state index contributed by atoms with van der Waals surface area (Å²) < 4.78 is 22.6. The Kier molecular flexibility index (Phi) is 5.57. The SMILES string of the molecule is C=CCNC(N)=NCCc1ccc(S(C)(=O)=O)cc1. The van der Waals surface area contributed by atoms with E-state index >= 15 is 0 Å². The summed E-state index contributed by atoms with van der Waals surface area (Å²) in [6.45, 7) is 4.70. The first-order chi connectivity index (χ1) is 8.93. The standard InChI is InChI=1S/C13H19N3O2S/c1-3-9-15-13(14)16-10-8-11-4-6-12(7-5-11)19(2,17)18/h3-7H,1,8-10H2,2H3,(H3,14,15,16). The van der Waals surface area contributed by atoms with Crippen LogP contribution in [0.5, 0.6) is 0 Å². The van der Waals surface area contributed by atoms with Crippen molar-refractivity contribution in [3.8, 4) is 0 Å². The molecule has 0 bridgehead atoms. The van der Waals surface area contributed by atoms with Crippen LogP contribution in [0.4, 0.5) is 0 Å². The Balaban J connectivity index is 2.53. The molecule has 0 atom stereocenters. The van der Waals surface area contributed by atoms with E-state index in [0.29, 0.717) is 30.4 Å². The second-order valence-electron chi connectivity index (χ2n) is 4.10. The lowest BCUT2D eigenvalue weighted by Gasteiger charge is -2.03. The maximum Gasteiger partial charge on any atom is 0.188 e. The lowest BCUT2D eigenvalue weighted by Crippen LogP contribution is -2.31. The molecule has 0 unspecified atom stereocenters. The van der Waals surface area contributed by atoms with Gasteiger partial charge in [-0.2, -0.15) is 0 Å². The number of nitrogens with two attached hydrogens (primary N) is 1. The molecule has 0 saturated carbocycles. The molecule has 1 aromatic carbocycles. The van der Waals surface area contributed by atoms with Gasteiger partial charge in [-0.15, -0.1) is 6.58 Å². The summed E-state index contributed by atoms with van der Waals surface area (Å²) in [4.78, 5) is 4.47. The minimum absolute atomic E-state index is 0.326. The van der Waals surface area contributed by atoms with Gasteiger partial charge in [-0.25, -0.2) is 8.42 Å². The summed E-state index contributed by atoms with van der Waals surface area (Å²) >= 11 is 0. The van der Waals surface area contributed by atoms with E-state index in [1.165, 1.54) is 6.26 Å². The highest BCUT2D eigenvalue weighted by Gasteiger charge is 2.05. The third-order valence-electron chi connectivity index (χ3n) is 2.46. The van der Waals surface area contributed by atoms with Crippen LogP contribution in [0.25, 0.3) is 0 Å². The second-order valence-corrected chi connectivity index (χ2v) is 6.12. The van der Waals surface area contributed by atoms with Crippen LogP contribution in [0.2, 0.25) is 0 Å². The number of rotatable bonds is 6. The van der Waals surface area contributed by atoms with E-state index < -0.39 is 9.84 Å². The molecule has 0 radical (unpaired) electrons. The number of sulfone groups is 1. The molecular formula is C13H19N3O2S. The molecule has 0 spiro atoms. The zero-order chi connectivity index (χ0) is 14.3. The van der Waals surface area contributed by atoms with Gasteiger partial charge in [0.15, 0.2) is 15.8 Å².